The summed E-state index contributed by atoms with van der Waals surface area (Å²) in [7, 11) is 0. The second kappa shape index (κ2) is 2.84. The summed E-state index contributed by atoms with van der Waals surface area (Å²) in [6.45, 7) is 8.65. The van der Waals surface area contributed by atoms with E-state index in [1.165, 1.54) is 5.69 Å². The minimum atomic E-state index is 0.123. The minimum Gasteiger partial charge on any atom is -0.304 e. The highest BCUT2D eigenvalue weighted by molar-refractivity contribution is 5.42. The van der Waals surface area contributed by atoms with Crippen LogP contribution in [0.3, 0.4) is 0 Å². The summed E-state index contributed by atoms with van der Waals surface area (Å²) in [5, 5.41) is 0. The summed E-state index contributed by atoms with van der Waals surface area (Å²) in [6, 6.07) is 6.19. The number of hydrogen-bond acceptors (Lipinski definition) is 1. The van der Waals surface area contributed by atoms with E-state index in [9.17, 15) is 0 Å². The first kappa shape index (κ1) is 9.25. The second-order valence-electron chi connectivity index (χ2n) is 4.77. The standard InChI is InChI=1S/C12H16N2/c1-9-6-5-7-11-13-10(8-14(9)11)12(2,3)4/h5-8H,1-4H3. The SMILES string of the molecule is Cc1cccc2nc(C(C)(C)C)cn12. The lowest BCUT2D eigenvalue weighted by Gasteiger charge is -2.13. The highest BCUT2D eigenvalue weighted by Gasteiger charge is 2.17. The van der Waals surface area contributed by atoms with Crippen molar-refractivity contribution in [2.75, 3.05) is 0 Å². The summed E-state index contributed by atoms with van der Waals surface area (Å²) in [5.74, 6) is 0. The van der Waals surface area contributed by atoms with Crippen molar-refractivity contribution in [1.82, 2.24) is 9.38 Å². The molecule has 0 aliphatic rings. The van der Waals surface area contributed by atoms with Gasteiger partial charge in [-0.3, -0.25) is 0 Å². The van der Waals surface area contributed by atoms with E-state index >= 15 is 0 Å². The molecule has 0 amide bonds. The lowest BCUT2D eigenvalue weighted by atomic mass is 9.93. The Bertz CT molecular complexity index is 461. The van der Waals surface area contributed by atoms with Crippen molar-refractivity contribution in [2.24, 2.45) is 0 Å². The molecule has 0 fully saturated rings. The molecule has 0 unspecified atom stereocenters. The van der Waals surface area contributed by atoms with Crippen LogP contribution in [0.1, 0.15) is 32.2 Å². The monoisotopic (exact) mass is 188 g/mol. The van der Waals surface area contributed by atoms with Gasteiger partial charge in [0.25, 0.3) is 0 Å². The average molecular weight is 188 g/mol. The largest absolute Gasteiger partial charge is 0.304 e. The van der Waals surface area contributed by atoms with E-state index in [2.05, 4.69) is 49.3 Å². The molecule has 0 spiro atoms. The first-order chi connectivity index (χ1) is 6.48. The van der Waals surface area contributed by atoms with Crippen molar-refractivity contribution < 1.29 is 0 Å². The van der Waals surface area contributed by atoms with Gasteiger partial charge in [-0.1, -0.05) is 26.8 Å². The minimum absolute atomic E-state index is 0.123. The number of nitrogens with zero attached hydrogens (tertiary/aromatic N) is 2. The number of aromatic nitrogens is 2. The molecule has 0 radical (unpaired) electrons. The van der Waals surface area contributed by atoms with Crippen LogP contribution < -0.4 is 0 Å². The number of pyridine rings is 1. The van der Waals surface area contributed by atoms with E-state index < -0.39 is 0 Å². The van der Waals surface area contributed by atoms with E-state index in [0.717, 1.165) is 11.3 Å². The molecule has 2 aromatic heterocycles. The Morgan fingerprint density at radius 3 is 2.50 bits per heavy atom. The molecule has 2 aromatic rings. The topological polar surface area (TPSA) is 17.3 Å². The van der Waals surface area contributed by atoms with E-state index in [1.807, 2.05) is 12.1 Å². The van der Waals surface area contributed by atoms with Gasteiger partial charge in [0.15, 0.2) is 0 Å². The van der Waals surface area contributed by atoms with Crippen LogP contribution in [-0.4, -0.2) is 9.38 Å². The molecule has 0 aliphatic heterocycles. The zero-order valence-corrected chi connectivity index (χ0v) is 9.20. The van der Waals surface area contributed by atoms with Crippen LogP contribution in [-0.2, 0) is 5.41 Å². The number of rotatable bonds is 0. The fraction of sp³-hybridized carbons (Fsp3) is 0.417. The number of fused-ring (bicyclic) bond motifs is 1. The van der Waals surface area contributed by atoms with Crippen LogP contribution in [0.5, 0.6) is 0 Å². The second-order valence-corrected chi connectivity index (χ2v) is 4.77. The summed E-state index contributed by atoms with van der Waals surface area (Å²) in [5.41, 5.74) is 3.53. The molecule has 0 aromatic carbocycles. The van der Waals surface area contributed by atoms with Crippen molar-refractivity contribution in [3.05, 3.63) is 35.8 Å². The molecule has 0 aliphatic carbocycles. The molecule has 0 bridgehead atoms. The Balaban J connectivity index is 2.69. The zero-order chi connectivity index (χ0) is 10.3. The average Bonchev–Trinajstić information content (AvgIpc) is 2.48. The van der Waals surface area contributed by atoms with Crippen LogP contribution in [0.4, 0.5) is 0 Å². The van der Waals surface area contributed by atoms with Gasteiger partial charge in [-0.05, 0) is 19.1 Å². The maximum atomic E-state index is 4.61. The Hall–Kier alpha value is -1.31. The van der Waals surface area contributed by atoms with Crippen LogP contribution in [0.25, 0.3) is 5.65 Å². The predicted octanol–water partition coefficient (Wildman–Crippen LogP) is 2.94. The van der Waals surface area contributed by atoms with Crippen molar-refractivity contribution in [3.63, 3.8) is 0 Å². The number of hydrogen-bond donors (Lipinski definition) is 0. The third kappa shape index (κ3) is 1.41. The lowest BCUT2D eigenvalue weighted by molar-refractivity contribution is 0.573. The van der Waals surface area contributed by atoms with Gasteiger partial charge in [0.2, 0.25) is 0 Å². The van der Waals surface area contributed by atoms with E-state index in [0.29, 0.717) is 0 Å². The van der Waals surface area contributed by atoms with Gasteiger partial charge in [0, 0.05) is 17.3 Å². The van der Waals surface area contributed by atoms with Gasteiger partial charge in [0.05, 0.1) is 5.69 Å². The first-order valence-corrected chi connectivity index (χ1v) is 4.94. The molecule has 2 rings (SSSR count). The van der Waals surface area contributed by atoms with Crippen molar-refractivity contribution >= 4 is 5.65 Å². The van der Waals surface area contributed by atoms with Crippen molar-refractivity contribution in [2.45, 2.75) is 33.1 Å². The Morgan fingerprint density at radius 2 is 1.93 bits per heavy atom. The van der Waals surface area contributed by atoms with Gasteiger partial charge >= 0.3 is 0 Å². The van der Waals surface area contributed by atoms with Crippen LogP contribution in [0, 0.1) is 6.92 Å². The zero-order valence-electron chi connectivity index (χ0n) is 9.20. The Kier molecular flexibility index (Phi) is 1.88. The van der Waals surface area contributed by atoms with E-state index in [1.54, 1.807) is 0 Å². The molecule has 2 heteroatoms. The maximum absolute atomic E-state index is 4.61. The molecular formula is C12H16N2. The maximum Gasteiger partial charge on any atom is 0.137 e. The molecule has 2 nitrogen and oxygen atoms in total. The highest BCUT2D eigenvalue weighted by atomic mass is 15.0. The molecular weight excluding hydrogens is 172 g/mol. The molecule has 0 saturated heterocycles. The van der Waals surface area contributed by atoms with Crippen molar-refractivity contribution in [1.29, 1.82) is 0 Å². The van der Waals surface area contributed by atoms with Gasteiger partial charge in [0.1, 0.15) is 5.65 Å². The smallest absolute Gasteiger partial charge is 0.137 e. The normalized spacial score (nSPS) is 12.3. The van der Waals surface area contributed by atoms with E-state index in [-0.39, 0.29) is 5.41 Å². The molecule has 0 atom stereocenters. The summed E-state index contributed by atoms with van der Waals surface area (Å²) in [6.07, 6.45) is 2.13. The summed E-state index contributed by atoms with van der Waals surface area (Å²) >= 11 is 0. The van der Waals surface area contributed by atoms with Crippen molar-refractivity contribution in [3.8, 4) is 0 Å². The summed E-state index contributed by atoms with van der Waals surface area (Å²) in [4.78, 5) is 4.61. The van der Waals surface area contributed by atoms with Gasteiger partial charge < -0.3 is 4.40 Å². The van der Waals surface area contributed by atoms with Gasteiger partial charge in [-0.25, -0.2) is 4.98 Å². The fourth-order valence-electron chi connectivity index (χ4n) is 1.51. The van der Waals surface area contributed by atoms with E-state index in [4.69, 9.17) is 0 Å². The fourth-order valence-corrected chi connectivity index (χ4v) is 1.51. The predicted molar refractivity (Wildman–Crippen MR) is 58.6 cm³/mol. The highest BCUT2D eigenvalue weighted by Crippen LogP contribution is 2.21. The summed E-state index contributed by atoms with van der Waals surface area (Å²) < 4.78 is 2.14. The Labute approximate surface area is 84.6 Å². The molecule has 0 N–H and O–H groups in total. The lowest BCUT2D eigenvalue weighted by Crippen LogP contribution is -2.11. The third-order valence-corrected chi connectivity index (χ3v) is 2.46. The Morgan fingerprint density at radius 1 is 1.21 bits per heavy atom. The quantitative estimate of drug-likeness (QED) is 0.621. The van der Waals surface area contributed by atoms with Gasteiger partial charge in [-0.2, -0.15) is 0 Å². The van der Waals surface area contributed by atoms with Crippen LogP contribution in [0.15, 0.2) is 24.4 Å². The number of aryl methyl sites for hydroxylation is 1. The first-order valence-electron chi connectivity index (χ1n) is 4.94. The molecule has 2 heterocycles. The third-order valence-electron chi connectivity index (χ3n) is 2.46. The van der Waals surface area contributed by atoms with Crippen LogP contribution in [0.2, 0.25) is 0 Å². The molecule has 0 saturated carbocycles. The van der Waals surface area contributed by atoms with Crippen LogP contribution >= 0.6 is 0 Å². The molecule has 74 valence electrons. The number of imidazole rings is 1. The van der Waals surface area contributed by atoms with Gasteiger partial charge in [-0.15, -0.1) is 0 Å². The molecule has 14 heavy (non-hydrogen) atoms.